The molecule has 242 valence electrons. The number of hydrogen-bond donors (Lipinski definition) is 1. The minimum absolute atomic E-state index is 0.0241. The molecule has 45 heavy (non-hydrogen) atoms. The van der Waals surface area contributed by atoms with Crippen molar-refractivity contribution in [1.82, 2.24) is 10.2 Å². The van der Waals surface area contributed by atoms with Crippen LogP contribution in [0, 0.1) is 0 Å². The van der Waals surface area contributed by atoms with Crippen LogP contribution in [0.4, 0.5) is 5.69 Å². The van der Waals surface area contributed by atoms with E-state index in [1.54, 1.807) is 47.4 Å². The molecule has 1 fully saturated rings. The fraction of sp³-hybridized carbons (Fsp3) is 0.412. The molecule has 0 aliphatic heterocycles. The van der Waals surface area contributed by atoms with Crippen LogP contribution in [0.2, 0.25) is 10.0 Å². The van der Waals surface area contributed by atoms with E-state index >= 15 is 0 Å². The molecule has 1 atom stereocenters. The topological polar surface area (TPSA) is 96.0 Å². The SMILES string of the molecule is CCOc1ccc(N(CCCC(=O)N(Cc2ccc(Cl)cc2Cl)[C@@H](Cc2ccccc2)C(=O)NC2CCCC2)S(C)(=O)=O)cc1. The molecule has 1 saturated carbocycles. The van der Waals surface area contributed by atoms with Crippen LogP contribution in [0.5, 0.6) is 5.75 Å². The molecule has 0 spiro atoms. The van der Waals surface area contributed by atoms with E-state index in [9.17, 15) is 18.0 Å². The summed E-state index contributed by atoms with van der Waals surface area (Å²) in [7, 11) is -3.63. The first-order chi connectivity index (χ1) is 21.5. The lowest BCUT2D eigenvalue weighted by atomic mass is 10.0. The molecule has 2 amide bonds. The number of benzene rings is 3. The molecule has 1 aliphatic rings. The fourth-order valence-electron chi connectivity index (χ4n) is 5.63. The van der Waals surface area contributed by atoms with Crippen molar-refractivity contribution in [3.05, 3.63) is 94.0 Å². The lowest BCUT2D eigenvalue weighted by Gasteiger charge is -2.33. The van der Waals surface area contributed by atoms with Crippen LogP contribution in [0.3, 0.4) is 0 Å². The van der Waals surface area contributed by atoms with Crippen molar-refractivity contribution in [2.75, 3.05) is 23.7 Å². The molecular weight excluding hydrogens is 633 g/mol. The van der Waals surface area contributed by atoms with E-state index in [1.807, 2.05) is 37.3 Å². The van der Waals surface area contributed by atoms with Gasteiger partial charge in [0.05, 0.1) is 18.6 Å². The summed E-state index contributed by atoms with van der Waals surface area (Å²) < 4.78 is 32.3. The monoisotopic (exact) mass is 673 g/mol. The van der Waals surface area contributed by atoms with E-state index in [0.717, 1.165) is 37.5 Å². The highest BCUT2D eigenvalue weighted by atomic mass is 35.5. The van der Waals surface area contributed by atoms with E-state index in [-0.39, 0.29) is 43.8 Å². The van der Waals surface area contributed by atoms with Crippen molar-refractivity contribution >= 4 is 50.7 Å². The maximum Gasteiger partial charge on any atom is 0.243 e. The maximum absolute atomic E-state index is 14.1. The molecule has 0 unspecified atom stereocenters. The number of nitrogens with zero attached hydrogens (tertiary/aromatic N) is 2. The third-order valence-corrected chi connectivity index (χ3v) is 9.70. The van der Waals surface area contributed by atoms with E-state index in [0.29, 0.717) is 40.1 Å². The van der Waals surface area contributed by atoms with Gasteiger partial charge in [-0.15, -0.1) is 0 Å². The standard InChI is InChI=1S/C34H41Cl2N3O5S/c1-3-44-30-19-17-29(18-20-30)39(45(2,42)43)21-9-14-33(40)38(24-26-15-16-27(35)23-31(26)36)32(22-25-10-5-4-6-11-25)34(41)37-28-12-7-8-13-28/h4-6,10-11,15-20,23,28,32H,3,7-9,12-14,21-22,24H2,1-2H3,(H,37,41)/t32-/m0/s1. The second kappa shape index (κ2) is 16.3. The van der Waals surface area contributed by atoms with Gasteiger partial charge in [-0.1, -0.05) is 72.4 Å². The predicted molar refractivity (Wildman–Crippen MR) is 180 cm³/mol. The zero-order chi connectivity index (χ0) is 32.4. The van der Waals surface area contributed by atoms with E-state index < -0.39 is 16.1 Å². The molecule has 1 aliphatic carbocycles. The molecule has 0 bridgehead atoms. The van der Waals surface area contributed by atoms with Crippen LogP contribution in [0.25, 0.3) is 0 Å². The van der Waals surface area contributed by atoms with Gasteiger partial charge in [-0.25, -0.2) is 8.42 Å². The number of halogens is 2. The zero-order valence-corrected chi connectivity index (χ0v) is 28.1. The summed E-state index contributed by atoms with van der Waals surface area (Å²) >= 11 is 12.7. The Morgan fingerprint density at radius 3 is 2.31 bits per heavy atom. The Kier molecular flexibility index (Phi) is 12.6. The first-order valence-electron chi connectivity index (χ1n) is 15.3. The average Bonchev–Trinajstić information content (AvgIpc) is 3.51. The highest BCUT2D eigenvalue weighted by molar-refractivity contribution is 7.92. The smallest absolute Gasteiger partial charge is 0.243 e. The van der Waals surface area contributed by atoms with Crippen LogP contribution >= 0.6 is 23.2 Å². The summed E-state index contributed by atoms with van der Waals surface area (Å²) in [5, 5.41) is 4.05. The van der Waals surface area contributed by atoms with Gasteiger partial charge in [0.2, 0.25) is 21.8 Å². The van der Waals surface area contributed by atoms with Crippen molar-refractivity contribution in [2.45, 2.75) is 70.5 Å². The Hall–Kier alpha value is -3.27. The van der Waals surface area contributed by atoms with Gasteiger partial charge >= 0.3 is 0 Å². The molecule has 4 rings (SSSR count). The van der Waals surface area contributed by atoms with Crippen LogP contribution in [-0.4, -0.2) is 56.6 Å². The van der Waals surface area contributed by atoms with Gasteiger partial charge < -0.3 is 15.0 Å². The van der Waals surface area contributed by atoms with Crippen molar-refractivity contribution in [1.29, 1.82) is 0 Å². The predicted octanol–water partition coefficient (Wildman–Crippen LogP) is 6.64. The summed E-state index contributed by atoms with van der Waals surface area (Å²) in [6.07, 6.45) is 5.66. The molecule has 3 aromatic rings. The van der Waals surface area contributed by atoms with Gasteiger partial charge in [-0.2, -0.15) is 0 Å². The number of ether oxygens (including phenoxy) is 1. The number of carbonyl (C=O) groups excluding carboxylic acids is 2. The van der Waals surface area contributed by atoms with Crippen molar-refractivity contribution < 1.29 is 22.7 Å². The van der Waals surface area contributed by atoms with Crippen molar-refractivity contribution in [3.8, 4) is 5.75 Å². The van der Waals surface area contributed by atoms with Crippen molar-refractivity contribution in [3.63, 3.8) is 0 Å². The first kappa shape index (κ1) is 34.6. The minimum Gasteiger partial charge on any atom is -0.494 e. The largest absolute Gasteiger partial charge is 0.494 e. The second-order valence-corrected chi connectivity index (χ2v) is 14.1. The van der Waals surface area contributed by atoms with Crippen LogP contribution in [0.15, 0.2) is 72.8 Å². The molecular formula is C34H41Cl2N3O5S. The summed E-state index contributed by atoms with van der Waals surface area (Å²) in [5.41, 5.74) is 2.06. The Bertz CT molecular complexity index is 1530. The number of hydrogen-bond acceptors (Lipinski definition) is 5. The molecule has 1 N–H and O–H groups in total. The van der Waals surface area contributed by atoms with E-state index in [4.69, 9.17) is 27.9 Å². The first-order valence-corrected chi connectivity index (χ1v) is 17.9. The maximum atomic E-state index is 14.1. The van der Waals surface area contributed by atoms with E-state index in [2.05, 4.69) is 5.32 Å². The molecule has 0 aromatic heterocycles. The van der Waals surface area contributed by atoms with E-state index in [1.165, 1.54) is 4.31 Å². The Labute approximate surface area is 276 Å². The number of sulfonamides is 1. The number of anilines is 1. The van der Waals surface area contributed by atoms with Gasteiger partial charge in [-0.3, -0.25) is 13.9 Å². The average molecular weight is 675 g/mol. The van der Waals surface area contributed by atoms with Gasteiger partial charge in [0, 0.05) is 42.0 Å². The van der Waals surface area contributed by atoms with Crippen molar-refractivity contribution in [2.24, 2.45) is 0 Å². The summed E-state index contributed by atoms with van der Waals surface area (Å²) in [6.45, 7) is 2.56. The fourth-order valence-corrected chi connectivity index (χ4v) is 7.07. The Morgan fingerprint density at radius 2 is 1.69 bits per heavy atom. The lowest BCUT2D eigenvalue weighted by molar-refractivity contribution is -0.141. The number of nitrogens with one attached hydrogen (secondary N) is 1. The van der Waals surface area contributed by atoms with Gasteiger partial charge in [0.15, 0.2) is 0 Å². The third kappa shape index (κ3) is 10.1. The summed E-state index contributed by atoms with van der Waals surface area (Å²) in [5.74, 6) is 0.154. The van der Waals surface area contributed by atoms with Crippen LogP contribution in [0.1, 0.15) is 56.6 Å². The number of amides is 2. The molecule has 3 aromatic carbocycles. The third-order valence-electron chi connectivity index (χ3n) is 7.92. The summed E-state index contributed by atoms with van der Waals surface area (Å²) in [4.78, 5) is 29.5. The van der Waals surface area contributed by atoms with Crippen LogP contribution < -0.4 is 14.4 Å². The number of carbonyl (C=O) groups is 2. The normalized spacial score (nSPS) is 14.1. The molecule has 0 heterocycles. The molecule has 11 heteroatoms. The minimum atomic E-state index is -3.63. The van der Waals surface area contributed by atoms with Gasteiger partial charge in [0.25, 0.3) is 0 Å². The molecule has 0 radical (unpaired) electrons. The lowest BCUT2D eigenvalue weighted by Crippen LogP contribution is -2.52. The zero-order valence-electron chi connectivity index (χ0n) is 25.8. The highest BCUT2D eigenvalue weighted by Gasteiger charge is 2.32. The van der Waals surface area contributed by atoms with Gasteiger partial charge in [-0.05, 0) is 73.7 Å². The quantitative estimate of drug-likeness (QED) is 0.195. The summed E-state index contributed by atoms with van der Waals surface area (Å²) in [6, 6.07) is 20.8. The highest BCUT2D eigenvalue weighted by Crippen LogP contribution is 2.26. The Morgan fingerprint density at radius 1 is 1.00 bits per heavy atom. The molecule has 0 saturated heterocycles. The van der Waals surface area contributed by atoms with Crippen LogP contribution in [-0.2, 0) is 32.6 Å². The van der Waals surface area contributed by atoms with Gasteiger partial charge in [0.1, 0.15) is 11.8 Å². The Balaban J connectivity index is 1.59. The molecule has 8 nitrogen and oxygen atoms in total. The number of rotatable bonds is 15. The second-order valence-electron chi connectivity index (χ2n) is 11.3.